The third kappa shape index (κ3) is 2.54. The lowest BCUT2D eigenvalue weighted by atomic mass is 10.1. The fourth-order valence-electron chi connectivity index (χ4n) is 2.67. The Hall–Kier alpha value is -1.87. The van der Waals surface area contributed by atoms with Crippen LogP contribution in [0.2, 0.25) is 0 Å². The van der Waals surface area contributed by atoms with Crippen LogP contribution in [0.3, 0.4) is 0 Å². The van der Waals surface area contributed by atoms with Crippen molar-refractivity contribution in [2.45, 2.75) is 27.2 Å². The topological polar surface area (TPSA) is 30.7 Å². The smallest absolute Gasteiger partial charge is 0.164 e. The summed E-state index contributed by atoms with van der Waals surface area (Å²) in [5.74, 6) is 1.51. The lowest BCUT2D eigenvalue weighted by Crippen LogP contribution is -2.05. The molecule has 3 aromatic rings. The number of aromatic nitrogens is 3. The molecule has 0 aliphatic carbocycles. The summed E-state index contributed by atoms with van der Waals surface area (Å²) in [5, 5.41) is 0. The van der Waals surface area contributed by atoms with Crippen LogP contribution in [0.4, 0.5) is 0 Å². The number of aryl methyl sites for hydroxylation is 4. The van der Waals surface area contributed by atoms with E-state index in [9.17, 15) is 0 Å². The van der Waals surface area contributed by atoms with Gasteiger partial charge in [-0.2, -0.15) is 0 Å². The molecule has 0 radical (unpaired) electrons. The molecule has 0 atom stereocenters. The maximum Gasteiger partial charge on any atom is 0.164 e. The van der Waals surface area contributed by atoms with Crippen molar-refractivity contribution in [1.82, 2.24) is 14.5 Å². The van der Waals surface area contributed by atoms with Gasteiger partial charge in [-0.05, 0) is 44.0 Å². The highest BCUT2D eigenvalue weighted by molar-refractivity contribution is 6.17. The van der Waals surface area contributed by atoms with Crippen LogP contribution in [0.5, 0.6) is 0 Å². The second kappa shape index (κ2) is 5.49. The van der Waals surface area contributed by atoms with Gasteiger partial charge in [-0.3, -0.25) is 4.57 Å². The van der Waals surface area contributed by atoms with Crippen LogP contribution in [0.25, 0.3) is 16.9 Å². The summed E-state index contributed by atoms with van der Waals surface area (Å²) in [6.45, 7) is 6.25. The molecule has 0 saturated heterocycles. The predicted molar refractivity (Wildman–Crippen MR) is 87.5 cm³/mol. The Bertz CT molecular complexity index is 805. The van der Waals surface area contributed by atoms with E-state index in [1.165, 1.54) is 11.1 Å². The minimum absolute atomic E-state index is 0.549. The summed E-state index contributed by atoms with van der Waals surface area (Å²) in [5.41, 5.74) is 6.53. The van der Waals surface area contributed by atoms with Crippen molar-refractivity contribution >= 4 is 22.8 Å². The number of rotatable bonds is 3. The van der Waals surface area contributed by atoms with Crippen molar-refractivity contribution in [3.63, 3.8) is 0 Å². The number of imidazole rings is 1. The molecule has 4 heteroatoms. The van der Waals surface area contributed by atoms with Crippen LogP contribution in [-0.4, -0.2) is 20.4 Å². The van der Waals surface area contributed by atoms with Gasteiger partial charge in [0.15, 0.2) is 5.65 Å². The first-order chi connectivity index (χ1) is 10.1. The Labute approximate surface area is 129 Å². The van der Waals surface area contributed by atoms with Crippen molar-refractivity contribution in [3.05, 3.63) is 53.0 Å². The van der Waals surface area contributed by atoms with Gasteiger partial charge in [0.05, 0.1) is 5.69 Å². The number of fused-ring (bicyclic) bond motifs is 1. The maximum absolute atomic E-state index is 5.95. The molecule has 0 aliphatic heterocycles. The van der Waals surface area contributed by atoms with Gasteiger partial charge < -0.3 is 0 Å². The summed E-state index contributed by atoms with van der Waals surface area (Å²) >= 11 is 5.95. The zero-order valence-electron chi connectivity index (χ0n) is 12.5. The molecule has 108 valence electrons. The lowest BCUT2D eigenvalue weighted by Gasteiger charge is -2.11. The first-order valence-corrected chi connectivity index (χ1v) is 7.61. The summed E-state index contributed by atoms with van der Waals surface area (Å²) in [7, 11) is 0. The second-order valence-corrected chi connectivity index (χ2v) is 5.83. The third-order valence-electron chi connectivity index (χ3n) is 3.61. The molecular weight excluding hydrogens is 282 g/mol. The largest absolute Gasteiger partial charge is 0.280 e. The minimum atomic E-state index is 0.549. The van der Waals surface area contributed by atoms with Crippen LogP contribution in [0.1, 0.15) is 22.5 Å². The van der Waals surface area contributed by atoms with Crippen LogP contribution in [0, 0.1) is 20.8 Å². The minimum Gasteiger partial charge on any atom is -0.280 e. The summed E-state index contributed by atoms with van der Waals surface area (Å²) in [4.78, 5) is 9.30. The molecule has 2 aromatic heterocycles. The highest BCUT2D eigenvalue weighted by Crippen LogP contribution is 2.24. The standard InChI is InChI=1S/C17H18ClN3/c1-11-4-5-15(13(3)8-11)21-16(6-7-18)20-14-9-12(2)10-19-17(14)21/h4-5,8-10H,6-7H2,1-3H3. The van der Waals surface area contributed by atoms with E-state index < -0.39 is 0 Å². The summed E-state index contributed by atoms with van der Waals surface area (Å²) in [6.07, 6.45) is 2.61. The molecule has 0 amide bonds. The van der Waals surface area contributed by atoms with Gasteiger partial charge >= 0.3 is 0 Å². The number of hydrogen-bond donors (Lipinski definition) is 0. The van der Waals surface area contributed by atoms with E-state index >= 15 is 0 Å². The van der Waals surface area contributed by atoms with Gasteiger partial charge in [0.25, 0.3) is 0 Å². The molecule has 0 saturated carbocycles. The van der Waals surface area contributed by atoms with Crippen LogP contribution < -0.4 is 0 Å². The molecule has 2 heterocycles. The highest BCUT2D eigenvalue weighted by Gasteiger charge is 2.14. The Morgan fingerprint density at radius 3 is 2.62 bits per heavy atom. The van der Waals surface area contributed by atoms with E-state index in [0.29, 0.717) is 5.88 Å². The Morgan fingerprint density at radius 1 is 1.10 bits per heavy atom. The van der Waals surface area contributed by atoms with Gasteiger partial charge in [0.2, 0.25) is 0 Å². The molecule has 1 aromatic carbocycles. The molecule has 3 rings (SSSR count). The average Bonchev–Trinajstić information content (AvgIpc) is 2.76. The van der Waals surface area contributed by atoms with Gasteiger partial charge in [0.1, 0.15) is 11.3 Å². The molecular formula is C17H18ClN3. The molecule has 21 heavy (non-hydrogen) atoms. The van der Waals surface area contributed by atoms with Crippen molar-refractivity contribution < 1.29 is 0 Å². The van der Waals surface area contributed by atoms with E-state index in [2.05, 4.69) is 47.7 Å². The number of alkyl halides is 1. The van der Waals surface area contributed by atoms with E-state index in [1.807, 2.05) is 13.1 Å². The van der Waals surface area contributed by atoms with Crippen molar-refractivity contribution in [2.24, 2.45) is 0 Å². The highest BCUT2D eigenvalue weighted by atomic mass is 35.5. The molecule has 0 bridgehead atoms. The van der Waals surface area contributed by atoms with Crippen molar-refractivity contribution in [2.75, 3.05) is 5.88 Å². The van der Waals surface area contributed by atoms with Crippen LogP contribution in [0.15, 0.2) is 30.5 Å². The number of halogens is 1. The monoisotopic (exact) mass is 299 g/mol. The second-order valence-electron chi connectivity index (χ2n) is 5.45. The van der Waals surface area contributed by atoms with E-state index in [0.717, 1.165) is 34.7 Å². The normalized spacial score (nSPS) is 11.2. The van der Waals surface area contributed by atoms with Crippen LogP contribution >= 0.6 is 11.6 Å². The molecule has 0 unspecified atom stereocenters. The average molecular weight is 300 g/mol. The maximum atomic E-state index is 5.95. The predicted octanol–water partition coefficient (Wildman–Crippen LogP) is 4.13. The molecule has 0 spiro atoms. The van der Waals surface area contributed by atoms with Gasteiger partial charge in [0, 0.05) is 18.5 Å². The number of nitrogens with zero attached hydrogens (tertiary/aromatic N) is 3. The van der Waals surface area contributed by atoms with Crippen molar-refractivity contribution in [1.29, 1.82) is 0 Å². The fourth-order valence-corrected chi connectivity index (χ4v) is 2.84. The molecule has 0 fully saturated rings. The SMILES string of the molecule is Cc1ccc(-n2c(CCCl)nc3cc(C)cnc32)c(C)c1. The van der Waals surface area contributed by atoms with Gasteiger partial charge in [-0.1, -0.05) is 17.7 Å². The molecule has 0 N–H and O–H groups in total. The first kappa shape index (κ1) is 14.1. The lowest BCUT2D eigenvalue weighted by molar-refractivity contribution is 0.899. The van der Waals surface area contributed by atoms with Gasteiger partial charge in [-0.15, -0.1) is 11.6 Å². The van der Waals surface area contributed by atoms with E-state index in [-0.39, 0.29) is 0 Å². The third-order valence-corrected chi connectivity index (χ3v) is 3.80. The number of pyridine rings is 1. The fraction of sp³-hybridized carbons (Fsp3) is 0.294. The molecule has 0 aliphatic rings. The quantitative estimate of drug-likeness (QED) is 0.681. The zero-order chi connectivity index (χ0) is 15.0. The number of hydrogen-bond acceptors (Lipinski definition) is 2. The number of benzene rings is 1. The Kier molecular flexibility index (Phi) is 3.68. The molecule has 3 nitrogen and oxygen atoms in total. The Balaban J connectivity index is 2.30. The van der Waals surface area contributed by atoms with Crippen molar-refractivity contribution in [3.8, 4) is 5.69 Å². The zero-order valence-corrected chi connectivity index (χ0v) is 13.3. The first-order valence-electron chi connectivity index (χ1n) is 7.07. The Morgan fingerprint density at radius 2 is 1.90 bits per heavy atom. The van der Waals surface area contributed by atoms with E-state index in [4.69, 9.17) is 16.6 Å². The van der Waals surface area contributed by atoms with Crippen LogP contribution in [-0.2, 0) is 6.42 Å². The van der Waals surface area contributed by atoms with Gasteiger partial charge in [-0.25, -0.2) is 9.97 Å². The summed E-state index contributed by atoms with van der Waals surface area (Å²) in [6, 6.07) is 8.50. The summed E-state index contributed by atoms with van der Waals surface area (Å²) < 4.78 is 2.13. The van der Waals surface area contributed by atoms with E-state index in [1.54, 1.807) is 0 Å².